The normalized spacial score (nSPS) is 11.9. The molecule has 0 atom stereocenters. The lowest BCUT2D eigenvalue weighted by atomic mass is 10.2. The number of anilines is 1. The number of aromatic amines is 1. The number of carbonyl (C=O) groups is 1. The molecule has 9 heteroatoms. The Labute approximate surface area is 162 Å². The van der Waals surface area contributed by atoms with Crippen LogP contribution in [0.3, 0.4) is 0 Å². The van der Waals surface area contributed by atoms with Crippen molar-refractivity contribution in [2.24, 2.45) is 5.14 Å². The SMILES string of the molecule is CC(C)N(C(=O)CSc1nc2ccc(S(N)(=O)=O)cc2[nH]1)c1ccccc1. The number of fused-ring (bicyclic) bond motifs is 1. The molecule has 0 bridgehead atoms. The quantitative estimate of drug-likeness (QED) is 0.614. The fourth-order valence-corrected chi connectivity index (χ4v) is 4.01. The van der Waals surface area contributed by atoms with E-state index in [0.29, 0.717) is 16.2 Å². The molecule has 1 heterocycles. The van der Waals surface area contributed by atoms with E-state index in [1.807, 2.05) is 44.2 Å². The number of H-pyrrole nitrogens is 1. The number of carbonyl (C=O) groups excluding carboxylic acids is 1. The molecular formula is C18H20N4O3S2. The van der Waals surface area contributed by atoms with Gasteiger partial charge in [-0.2, -0.15) is 0 Å². The second kappa shape index (κ2) is 7.71. The molecule has 1 amide bonds. The molecule has 0 aliphatic carbocycles. The number of imidazole rings is 1. The first-order chi connectivity index (χ1) is 12.8. The average Bonchev–Trinajstić information content (AvgIpc) is 3.02. The summed E-state index contributed by atoms with van der Waals surface area (Å²) in [7, 11) is -3.78. The number of primary sulfonamides is 1. The van der Waals surface area contributed by atoms with Gasteiger partial charge in [-0.25, -0.2) is 18.5 Å². The molecule has 3 aromatic rings. The zero-order valence-corrected chi connectivity index (χ0v) is 16.5. The predicted molar refractivity (Wildman–Crippen MR) is 107 cm³/mol. The number of amides is 1. The van der Waals surface area contributed by atoms with Gasteiger partial charge in [-0.3, -0.25) is 4.79 Å². The van der Waals surface area contributed by atoms with Crippen molar-refractivity contribution < 1.29 is 13.2 Å². The largest absolute Gasteiger partial charge is 0.333 e. The van der Waals surface area contributed by atoms with Crippen LogP contribution in [0, 0.1) is 0 Å². The minimum atomic E-state index is -3.78. The molecule has 27 heavy (non-hydrogen) atoms. The second-order valence-corrected chi connectivity index (χ2v) is 8.77. The number of aromatic nitrogens is 2. The molecular weight excluding hydrogens is 384 g/mol. The minimum absolute atomic E-state index is 0.0151. The number of nitrogens with one attached hydrogen (secondary N) is 1. The second-order valence-electron chi connectivity index (χ2n) is 6.25. The van der Waals surface area contributed by atoms with Crippen LogP contribution in [0.4, 0.5) is 5.69 Å². The van der Waals surface area contributed by atoms with Gasteiger partial charge in [0, 0.05) is 11.7 Å². The summed E-state index contributed by atoms with van der Waals surface area (Å²) in [6, 6.07) is 14.0. The minimum Gasteiger partial charge on any atom is -0.333 e. The maximum Gasteiger partial charge on any atom is 0.238 e. The Balaban J connectivity index is 1.76. The van der Waals surface area contributed by atoms with Crippen molar-refractivity contribution in [3.63, 3.8) is 0 Å². The maximum atomic E-state index is 12.7. The molecule has 142 valence electrons. The summed E-state index contributed by atoms with van der Waals surface area (Å²) in [5, 5.41) is 5.70. The van der Waals surface area contributed by atoms with Crippen molar-refractivity contribution in [3.8, 4) is 0 Å². The van der Waals surface area contributed by atoms with E-state index in [4.69, 9.17) is 5.14 Å². The van der Waals surface area contributed by atoms with Crippen LogP contribution in [-0.4, -0.2) is 36.1 Å². The molecule has 0 saturated carbocycles. The van der Waals surface area contributed by atoms with E-state index in [1.165, 1.54) is 23.9 Å². The Kier molecular flexibility index (Phi) is 5.54. The molecule has 3 N–H and O–H groups in total. The number of nitrogens with two attached hydrogens (primary N) is 1. The molecule has 0 aliphatic rings. The number of sulfonamides is 1. The van der Waals surface area contributed by atoms with Gasteiger partial charge in [-0.05, 0) is 44.2 Å². The van der Waals surface area contributed by atoms with Gasteiger partial charge < -0.3 is 9.88 Å². The highest BCUT2D eigenvalue weighted by Gasteiger charge is 2.19. The first-order valence-corrected chi connectivity index (χ1v) is 10.8. The lowest BCUT2D eigenvalue weighted by molar-refractivity contribution is -0.116. The first kappa shape index (κ1) is 19.4. The number of hydrogen-bond acceptors (Lipinski definition) is 5. The van der Waals surface area contributed by atoms with E-state index in [1.54, 1.807) is 11.0 Å². The number of thioether (sulfide) groups is 1. The van der Waals surface area contributed by atoms with Gasteiger partial charge >= 0.3 is 0 Å². The molecule has 0 aliphatic heterocycles. The van der Waals surface area contributed by atoms with Crippen LogP contribution in [0.25, 0.3) is 11.0 Å². The highest BCUT2D eigenvalue weighted by molar-refractivity contribution is 7.99. The number of rotatable bonds is 6. The lowest BCUT2D eigenvalue weighted by Crippen LogP contribution is -2.38. The third-order valence-corrected chi connectivity index (χ3v) is 5.68. The predicted octanol–water partition coefficient (Wildman–Crippen LogP) is 2.74. The smallest absolute Gasteiger partial charge is 0.238 e. The van der Waals surface area contributed by atoms with E-state index < -0.39 is 10.0 Å². The lowest BCUT2D eigenvalue weighted by Gasteiger charge is -2.26. The third-order valence-electron chi connectivity index (χ3n) is 3.91. The third kappa shape index (κ3) is 4.49. The summed E-state index contributed by atoms with van der Waals surface area (Å²) in [6.07, 6.45) is 0. The van der Waals surface area contributed by atoms with Gasteiger partial charge in [0.1, 0.15) is 0 Å². The fourth-order valence-electron chi connectivity index (χ4n) is 2.73. The van der Waals surface area contributed by atoms with Gasteiger partial charge in [-0.1, -0.05) is 30.0 Å². The molecule has 7 nitrogen and oxygen atoms in total. The number of nitrogens with zero attached hydrogens (tertiary/aromatic N) is 2. The van der Waals surface area contributed by atoms with Crippen LogP contribution in [0.1, 0.15) is 13.8 Å². The van der Waals surface area contributed by atoms with Crippen LogP contribution < -0.4 is 10.0 Å². The molecule has 3 rings (SSSR count). The van der Waals surface area contributed by atoms with E-state index in [-0.39, 0.29) is 22.6 Å². The monoisotopic (exact) mass is 404 g/mol. The summed E-state index contributed by atoms with van der Waals surface area (Å²) in [6.45, 7) is 3.93. The van der Waals surface area contributed by atoms with Gasteiger partial charge in [0.25, 0.3) is 0 Å². The van der Waals surface area contributed by atoms with Gasteiger partial charge in [0.2, 0.25) is 15.9 Å². The van der Waals surface area contributed by atoms with E-state index in [9.17, 15) is 13.2 Å². The molecule has 0 radical (unpaired) electrons. The van der Waals surface area contributed by atoms with Crippen molar-refractivity contribution in [3.05, 3.63) is 48.5 Å². The highest BCUT2D eigenvalue weighted by Crippen LogP contribution is 2.24. The van der Waals surface area contributed by atoms with E-state index >= 15 is 0 Å². The Bertz CT molecular complexity index is 1060. The Morgan fingerprint density at radius 1 is 1.22 bits per heavy atom. The number of para-hydroxylation sites is 1. The number of hydrogen-bond donors (Lipinski definition) is 2. The van der Waals surface area contributed by atoms with Crippen LogP contribution >= 0.6 is 11.8 Å². The van der Waals surface area contributed by atoms with E-state index in [2.05, 4.69) is 9.97 Å². The van der Waals surface area contributed by atoms with Crippen LogP contribution in [-0.2, 0) is 14.8 Å². The molecule has 1 aromatic heterocycles. The highest BCUT2D eigenvalue weighted by atomic mass is 32.2. The van der Waals surface area contributed by atoms with E-state index in [0.717, 1.165) is 5.69 Å². The van der Waals surface area contributed by atoms with Crippen molar-refractivity contribution in [2.75, 3.05) is 10.7 Å². The zero-order chi connectivity index (χ0) is 19.6. The molecule has 0 spiro atoms. The first-order valence-electron chi connectivity index (χ1n) is 8.28. The molecule has 0 unspecified atom stereocenters. The van der Waals surface area contributed by atoms with Crippen LogP contribution in [0.2, 0.25) is 0 Å². The molecule has 0 fully saturated rings. The van der Waals surface area contributed by atoms with Gasteiger partial charge in [-0.15, -0.1) is 0 Å². The Hall–Kier alpha value is -2.36. The zero-order valence-electron chi connectivity index (χ0n) is 14.9. The fraction of sp³-hybridized carbons (Fsp3) is 0.222. The maximum absolute atomic E-state index is 12.7. The Morgan fingerprint density at radius 2 is 1.93 bits per heavy atom. The van der Waals surface area contributed by atoms with Crippen molar-refractivity contribution >= 4 is 44.4 Å². The summed E-state index contributed by atoms with van der Waals surface area (Å²) in [4.78, 5) is 21.9. The summed E-state index contributed by atoms with van der Waals surface area (Å²) < 4.78 is 22.9. The summed E-state index contributed by atoms with van der Waals surface area (Å²) in [5.74, 6) is 0.168. The average molecular weight is 405 g/mol. The topological polar surface area (TPSA) is 109 Å². The Morgan fingerprint density at radius 3 is 2.56 bits per heavy atom. The van der Waals surface area contributed by atoms with Gasteiger partial charge in [0.15, 0.2) is 5.16 Å². The van der Waals surface area contributed by atoms with Crippen LogP contribution in [0.5, 0.6) is 0 Å². The number of benzene rings is 2. The van der Waals surface area contributed by atoms with Crippen LogP contribution in [0.15, 0.2) is 58.6 Å². The standard InChI is InChI=1S/C18H20N4O3S2/c1-12(2)22(13-6-4-3-5-7-13)17(23)11-26-18-20-15-9-8-14(27(19,24)25)10-16(15)21-18/h3-10,12H,11H2,1-2H3,(H,20,21)(H2,19,24,25). The van der Waals surface area contributed by atoms with Crippen molar-refractivity contribution in [1.82, 2.24) is 9.97 Å². The molecule has 0 saturated heterocycles. The van der Waals surface area contributed by atoms with Crippen molar-refractivity contribution in [1.29, 1.82) is 0 Å². The van der Waals surface area contributed by atoms with Gasteiger partial charge in [0.05, 0.1) is 21.7 Å². The summed E-state index contributed by atoms with van der Waals surface area (Å²) in [5.41, 5.74) is 2.02. The van der Waals surface area contributed by atoms with Crippen molar-refractivity contribution in [2.45, 2.75) is 29.9 Å². The summed E-state index contributed by atoms with van der Waals surface area (Å²) >= 11 is 1.27. The molecule has 2 aromatic carbocycles.